The molecule has 1 heterocycles. The molecular weight excluding hydrogens is 216 g/mol. The third-order valence-electron chi connectivity index (χ3n) is 3.08. The van der Waals surface area contributed by atoms with Crippen molar-refractivity contribution in [2.75, 3.05) is 19.7 Å². The van der Waals surface area contributed by atoms with Gasteiger partial charge in [-0.25, -0.2) is 0 Å². The summed E-state index contributed by atoms with van der Waals surface area (Å²) in [7, 11) is 0. The number of nitrogens with zero attached hydrogens (tertiary/aromatic N) is 1. The summed E-state index contributed by atoms with van der Waals surface area (Å²) in [5, 5.41) is 0. The van der Waals surface area contributed by atoms with Crippen LogP contribution in [0.5, 0.6) is 0 Å². The van der Waals surface area contributed by atoms with Gasteiger partial charge in [-0.3, -0.25) is 4.79 Å². The van der Waals surface area contributed by atoms with Crippen molar-refractivity contribution in [3.8, 4) is 0 Å². The molecule has 1 rings (SSSR count). The van der Waals surface area contributed by atoms with Crippen molar-refractivity contribution >= 4 is 5.91 Å². The number of carbonyl (C=O) groups excluding carboxylic acids is 1. The largest absolute Gasteiger partial charge is 0.366 e. The molecule has 0 aromatic carbocycles. The molecular formula is C13H26N2O2. The molecule has 1 saturated heterocycles. The highest BCUT2D eigenvalue weighted by molar-refractivity contribution is 5.78. The molecule has 17 heavy (non-hydrogen) atoms. The minimum atomic E-state index is -0.255. The fraction of sp³-hybridized carbons (Fsp3) is 0.923. The molecule has 0 radical (unpaired) electrons. The SMILES string of the molecule is CC(C)(C)OCC(=O)N1CCCCC1CCN. The third-order valence-corrected chi connectivity index (χ3v) is 3.08. The molecule has 0 saturated carbocycles. The zero-order valence-corrected chi connectivity index (χ0v) is 11.4. The van der Waals surface area contributed by atoms with Gasteiger partial charge in [-0.1, -0.05) is 0 Å². The van der Waals surface area contributed by atoms with Gasteiger partial charge >= 0.3 is 0 Å². The summed E-state index contributed by atoms with van der Waals surface area (Å²) in [6.45, 7) is 7.59. The van der Waals surface area contributed by atoms with Crippen molar-refractivity contribution in [2.45, 2.75) is 58.1 Å². The second kappa shape index (κ2) is 6.36. The van der Waals surface area contributed by atoms with Crippen LogP contribution < -0.4 is 5.73 Å². The van der Waals surface area contributed by atoms with Crippen molar-refractivity contribution < 1.29 is 9.53 Å². The van der Waals surface area contributed by atoms with Crippen molar-refractivity contribution in [2.24, 2.45) is 5.73 Å². The molecule has 1 aliphatic heterocycles. The molecule has 0 aromatic rings. The maximum atomic E-state index is 12.1. The number of ether oxygens (including phenoxy) is 1. The summed E-state index contributed by atoms with van der Waals surface area (Å²) in [6.07, 6.45) is 4.29. The van der Waals surface area contributed by atoms with Crippen LogP contribution in [0.1, 0.15) is 46.5 Å². The maximum absolute atomic E-state index is 12.1. The highest BCUT2D eigenvalue weighted by Gasteiger charge is 2.26. The molecule has 1 aliphatic rings. The summed E-state index contributed by atoms with van der Waals surface area (Å²) in [4.78, 5) is 14.1. The molecule has 0 aliphatic carbocycles. The normalized spacial score (nSPS) is 21.6. The number of piperidine rings is 1. The van der Waals surface area contributed by atoms with E-state index in [-0.39, 0.29) is 18.1 Å². The molecule has 4 heteroatoms. The third kappa shape index (κ3) is 5.04. The molecule has 0 aromatic heterocycles. The lowest BCUT2D eigenvalue weighted by Gasteiger charge is -2.36. The maximum Gasteiger partial charge on any atom is 0.248 e. The average Bonchev–Trinajstić information content (AvgIpc) is 2.26. The van der Waals surface area contributed by atoms with E-state index in [4.69, 9.17) is 10.5 Å². The zero-order valence-electron chi connectivity index (χ0n) is 11.4. The number of amides is 1. The van der Waals surface area contributed by atoms with Gasteiger partial charge in [-0.2, -0.15) is 0 Å². The summed E-state index contributed by atoms with van der Waals surface area (Å²) < 4.78 is 5.55. The first-order valence-electron chi connectivity index (χ1n) is 6.57. The van der Waals surface area contributed by atoms with Crippen LogP contribution in [-0.2, 0) is 9.53 Å². The fourth-order valence-corrected chi connectivity index (χ4v) is 2.18. The lowest BCUT2D eigenvalue weighted by atomic mass is 9.99. The van der Waals surface area contributed by atoms with Gasteiger partial charge in [0.15, 0.2) is 0 Å². The van der Waals surface area contributed by atoms with Gasteiger partial charge < -0.3 is 15.4 Å². The molecule has 1 atom stereocenters. The molecule has 0 spiro atoms. The zero-order chi connectivity index (χ0) is 12.9. The van der Waals surface area contributed by atoms with E-state index < -0.39 is 0 Å². The van der Waals surface area contributed by atoms with Crippen LogP contribution in [0, 0.1) is 0 Å². The standard InChI is InChI=1S/C13H26N2O2/c1-13(2,3)17-10-12(16)15-9-5-4-6-11(15)7-8-14/h11H,4-10,14H2,1-3H3. The molecule has 4 nitrogen and oxygen atoms in total. The Labute approximate surface area is 104 Å². The Morgan fingerprint density at radius 2 is 2.12 bits per heavy atom. The van der Waals surface area contributed by atoms with Gasteiger partial charge in [0.05, 0.1) is 5.60 Å². The Hall–Kier alpha value is -0.610. The molecule has 1 amide bonds. The van der Waals surface area contributed by atoms with Crippen LogP contribution in [-0.4, -0.2) is 42.1 Å². The van der Waals surface area contributed by atoms with Gasteiger partial charge in [-0.05, 0) is 53.0 Å². The van der Waals surface area contributed by atoms with Gasteiger partial charge in [-0.15, -0.1) is 0 Å². The minimum Gasteiger partial charge on any atom is -0.366 e. The first-order valence-corrected chi connectivity index (χ1v) is 6.57. The second-order valence-corrected chi connectivity index (χ2v) is 5.72. The first kappa shape index (κ1) is 14.5. The van der Waals surface area contributed by atoms with E-state index in [2.05, 4.69) is 0 Å². The lowest BCUT2D eigenvalue weighted by molar-refractivity contribution is -0.144. The van der Waals surface area contributed by atoms with Crippen LogP contribution >= 0.6 is 0 Å². The topological polar surface area (TPSA) is 55.6 Å². The summed E-state index contributed by atoms with van der Waals surface area (Å²) >= 11 is 0. The Morgan fingerprint density at radius 3 is 2.71 bits per heavy atom. The average molecular weight is 242 g/mol. The van der Waals surface area contributed by atoms with E-state index in [0.717, 1.165) is 25.8 Å². The van der Waals surface area contributed by atoms with Crippen LogP contribution in [0.15, 0.2) is 0 Å². The van der Waals surface area contributed by atoms with E-state index in [1.54, 1.807) is 0 Å². The van der Waals surface area contributed by atoms with Crippen molar-refractivity contribution in [1.82, 2.24) is 4.90 Å². The number of rotatable bonds is 4. The summed E-state index contributed by atoms with van der Waals surface area (Å²) in [5.41, 5.74) is 5.34. The minimum absolute atomic E-state index is 0.109. The van der Waals surface area contributed by atoms with Gasteiger partial charge in [0.1, 0.15) is 6.61 Å². The fourth-order valence-electron chi connectivity index (χ4n) is 2.18. The van der Waals surface area contributed by atoms with Crippen LogP contribution in [0.3, 0.4) is 0 Å². The van der Waals surface area contributed by atoms with Crippen molar-refractivity contribution in [3.05, 3.63) is 0 Å². The number of hydrogen-bond donors (Lipinski definition) is 1. The van der Waals surface area contributed by atoms with E-state index >= 15 is 0 Å². The van der Waals surface area contributed by atoms with Gasteiger partial charge in [0, 0.05) is 12.6 Å². The Balaban J connectivity index is 2.47. The quantitative estimate of drug-likeness (QED) is 0.813. The number of carbonyl (C=O) groups is 1. The van der Waals surface area contributed by atoms with Crippen molar-refractivity contribution in [1.29, 1.82) is 0 Å². The molecule has 1 unspecified atom stereocenters. The van der Waals surface area contributed by atoms with Crippen LogP contribution in [0.4, 0.5) is 0 Å². The predicted octanol–water partition coefficient (Wildman–Crippen LogP) is 1.53. The monoisotopic (exact) mass is 242 g/mol. The molecule has 0 bridgehead atoms. The van der Waals surface area contributed by atoms with E-state index in [0.29, 0.717) is 12.6 Å². The number of nitrogens with two attached hydrogens (primary N) is 1. The summed E-state index contributed by atoms with van der Waals surface area (Å²) in [5.74, 6) is 0.109. The first-order chi connectivity index (χ1) is 7.94. The molecule has 2 N–H and O–H groups in total. The molecule has 100 valence electrons. The van der Waals surface area contributed by atoms with E-state index in [9.17, 15) is 4.79 Å². The van der Waals surface area contributed by atoms with Crippen LogP contribution in [0.25, 0.3) is 0 Å². The smallest absolute Gasteiger partial charge is 0.248 e. The second-order valence-electron chi connectivity index (χ2n) is 5.72. The van der Waals surface area contributed by atoms with Crippen molar-refractivity contribution in [3.63, 3.8) is 0 Å². The number of hydrogen-bond acceptors (Lipinski definition) is 3. The Bertz CT molecular complexity index is 246. The highest BCUT2D eigenvalue weighted by Crippen LogP contribution is 2.20. The van der Waals surface area contributed by atoms with Crippen LogP contribution in [0.2, 0.25) is 0 Å². The highest BCUT2D eigenvalue weighted by atomic mass is 16.5. The van der Waals surface area contributed by atoms with Gasteiger partial charge in [0.2, 0.25) is 5.91 Å². The Kier molecular flexibility index (Phi) is 5.40. The van der Waals surface area contributed by atoms with E-state index in [1.165, 1.54) is 6.42 Å². The Morgan fingerprint density at radius 1 is 1.41 bits per heavy atom. The number of likely N-dealkylation sites (tertiary alicyclic amines) is 1. The predicted molar refractivity (Wildman–Crippen MR) is 68.7 cm³/mol. The lowest BCUT2D eigenvalue weighted by Crippen LogP contribution is -2.46. The van der Waals surface area contributed by atoms with E-state index in [1.807, 2.05) is 25.7 Å². The molecule has 1 fully saturated rings. The summed E-state index contributed by atoms with van der Waals surface area (Å²) in [6, 6.07) is 0.324. The van der Waals surface area contributed by atoms with Gasteiger partial charge in [0.25, 0.3) is 0 Å².